The predicted octanol–water partition coefficient (Wildman–Crippen LogP) is 1.91. The summed E-state index contributed by atoms with van der Waals surface area (Å²) in [6.07, 6.45) is 3.63. The number of carbonyl (C=O) groups excluding carboxylic acids is 1. The smallest absolute Gasteiger partial charge is 0.251 e. The lowest BCUT2D eigenvalue weighted by molar-refractivity contribution is 0.0928. The summed E-state index contributed by atoms with van der Waals surface area (Å²) in [5.41, 5.74) is 1.33. The fourth-order valence-electron chi connectivity index (χ4n) is 2.51. The SMILES string of the molecule is Cc1cc(C(=O)NCC2CCCCN2C)ccc1O. The first kappa shape index (κ1) is 13.9. The zero-order valence-electron chi connectivity index (χ0n) is 11.6. The van der Waals surface area contributed by atoms with Gasteiger partial charge in [-0.1, -0.05) is 6.42 Å². The lowest BCUT2D eigenvalue weighted by Crippen LogP contribution is -2.44. The van der Waals surface area contributed by atoms with Gasteiger partial charge < -0.3 is 15.3 Å². The molecule has 0 bridgehead atoms. The summed E-state index contributed by atoms with van der Waals surface area (Å²) in [6.45, 7) is 3.59. The van der Waals surface area contributed by atoms with Gasteiger partial charge in [0.25, 0.3) is 5.91 Å². The Bertz CT molecular complexity index is 459. The van der Waals surface area contributed by atoms with E-state index in [0.717, 1.165) is 18.5 Å². The number of carbonyl (C=O) groups is 1. The van der Waals surface area contributed by atoms with Gasteiger partial charge in [0, 0.05) is 18.2 Å². The number of likely N-dealkylation sites (N-methyl/N-ethyl adjacent to an activating group) is 1. The second kappa shape index (κ2) is 6.06. The fourth-order valence-corrected chi connectivity index (χ4v) is 2.51. The highest BCUT2D eigenvalue weighted by Crippen LogP contribution is 2.17. The van der Waals surface area contributed by atoms with Crippen LogP contribution < -0.4 is 5.32 Å². The van der Waals surface area contributed by atoms with E-state index < -0.39 is 0 Å². The van der Waals surface area contributed by atoms with Crippen molar-refractivity contribution in [3.8, 4) is 5.75 Å². The van der Waals surface area contributed by atoms with Crippen LogP contribution in [0.2, 0.25) is 0 Å². The number of benzene rings is 1. The molecular formula is C15H22N2O2. The lowest BCUT2D eigenvalue weighted by atomic mass is 10.0. The Kier molecular flexibility index (Phi) is 4.43. The van der Waals surface area contributed by atoms with Crippen LogP contribution in [0.4, 0.5) is 0 Å². The van der Waals surface area contributed by atoms with Crippen molar-refractivity contribution in [2.75, 3.05) is 20.1 Å². The van der Waals surface area contributed by atoms with Crippen LogP contribution in [0.25, 0.3) is 0 Å². The van der Waals surface area contributed by atoms with Crippen molar-refractivity contribution >= 4 is 5.91 Å². The summed E-state index contributed by atoms with van der Waals surface area (Å²) < 4.78 is 0. The van der Waals surface area contributed by atoms with Gasteiger partial charge >= 0.3 is 0 Å². The topological polar surface area (TPSA) is 52.6 Å². The summed E-state index contributed by atoms with van der Waals surface area (Å²) in [5, 5.41) is 12.4. The Morgan fingerprint density at radius 1 is 1.47 bits per heavy atom. The predicted molar refractivity (Wildman–Crippen MR) is 75.4 cm³/mol. The van der Waals surface area contributed by atoms with E-state index in [1.807, 2.05) is 0 Å². The van der Waals surface area contributed by atoms with Gasteiger partial charge in [0.1, 0.15) is 5.75 Å². The summed E-state index contributed by atoms with van der Waals surface area (Å²) in [6, 6.07) is 5.38. The minimum absolute atomic E-state index is 0.0675. The molecule has 1 aromatic carbocycles. The highest BCUT2D eigenvalue weighted by molar-refractivity contribution is 5.94. The summed E-state index contributed by atoms with van der Waals surface area (Å²) in [7, 11) is 2.11. The molecule has 1 unspecified atom stereocenters. The maximum atomic E-state index is 12.0. The summed E-state index contributed by atoms with van der Waals surface area (Å²) >= 11 is 0. The third kappa shape index (κ3) is 3.47. The first-order valence-electron chi connectivity index (χ1n) is 6.86. The monoisotopic (exact) mass is 262 g/mol. The van der Waals surface area contributed by atoms with E-state index in [1.54, 1.807) is 25.1 Å². The molecule has 0 radical (unpaired) electrons. The van der Waals surface area contributed by atoms with Crippen LogP contribution in [0.3, 0.4) is 0 Å². The fraction of sp³-hybridized carbons (Fsp3) is 0.533. The van der Waals surface area contributed by atoms with Gasteiger partial charge in [0.05, 0.1) is 0 Å². The summed E-state index contributed by atoms with van der Waals surface area (Å²) in [4.78, 5) is 14.4. The molecule has 1 aliphatic heterocycles. The number of amides is 1. The molecule has 2 rings (SSSR count). The van der Waals surface area contributed by atoms with Gasteiger partial charge in [0.15, 0.2) is 0 Å². The number of hydrogen-bond donors (Lipinski definition) is 2. The first-order chi connectivity index (χ1) is 9.08. The largest absolute Gasteiger partial charge is 0.508 e. The minimum atomic E-state index is -0.0675. The summed E-state index contributed by atoms with van der Waals surface area (Å²) in [5.74, 6) is 0.158. The molecule has 0 aromatic heterocycles. The van der Waals surface area contributed by atoms with Crippen LogP contribution in [0.5, 0.6) is 5.75 Å². The quantitative estimate of drug-likeness (QED) is 0.875. The molecule has 1 saturated heterocycles. The number of likely N-dealkylation sites (tertiary alicyclic amines) is 1. The molecule has 1 aromatic rings. The molecule has 4 heteroatoms. The number of phenolic OH excluding ortho intramolecular Hbond substituents is 1. The van der Waals surface area contributed by atoms with E-state index in [0.29, 0.717) is 18.2 Å². The van der Waals surface area contributed by atoms with E-state index in [2.05, 4.69) is 17.3 Å². The van der Waals surface area contributed by atoms with E-state index in [-0.39, 0.29) is 11.7 Å². The van der Waals surface area contributed by atoms with E-state index in [4.69, 9.17) is 0 Å². The highest BCUT2D eigenvalue weighted by atomic mass is 16.3. The van der Waals surface area contributed by atoms with Gasteiger partial charge in [-0.2, -0.15) is 0 Å². The molecule has 1 atom stereocenters. The Labute approximate surface area is 114 Å². The zero-order chi connectivity index (χ0) is 13.8. The highest BCUT2D eigenvalue weighted by Gasteiger charge is 2.19. The number of aryl methyl sites for hydroxylation is 1. The Balaban J connectivity index is 1.91. The number of aromatic hydroxyl groups is 1. The van der Waals surface area contributed by atoms with Gasteiger partial charge in [-0.3, -0.25) is 4.79 Å². The molecule has 0 spiro atoms. The van der Waals surface area contributed by atoms with Crippen LogP contribution in [0, 0.1) is 6.92 Å². The van der Waals surface area contributed by atoms with Crippen LogP contribution in [0.15, 0.2) is 18.2 Å². The Morgan fingerprint density at radius 2 is 2.26 bits per heavy atom. The average Bonchev–Trinajstić information content (AvgIpc) is 2.40. The first-order valence-corrected chi connectivity index (χ1v) is 6.86. The van der Waals surface area contributed by atoms with Crippen LogP contribution in [-0.4, -0.2) is 42.1 Å². The number of phenols is 1. The maximum absolute atomic E-state index is 12.0. The number of hydrogen-bond acceptors (Lipinski definition) is 3. The van der Waals surface area contributed by atoms with E-state index in [9.17, 15) is 9.90 Å². The normalized spacial score (nSPS) is 20.2. The lowest BCUT2D eigenvalue weighted by Gasteiger charge is -2.32. The molecule has 2 N–H and O–H groups in total. The molecule has 0 saturated carbocycles. The van der Waals surface area contributed by atoms with Gasteiger partial charge in [-0.25, -0.2) is 0 Å². The van der Waals surface area contributed by atoms with E-state index >= 15 is 0 Å². The molecule has 1 amide bonds. The molecule has 104 valence electrons. The zero-order valence-corrected chi connectivity index (χ0v) is 11.6. The maximum Gasteiger partial charge on any atom is 0.251 e. The van der Waals surface area contributed by atoms with Crippen molar-refractivity contribution in [3.63, 3.8) is 0 Å². The average molecular weight is 262 g/mol. The number of nitrogens with zero attached hydrogens (tertiary/aromatic N) is 1. The van der Waals surface area contributed by atoms with Crippen LogP contribution in [-0.2, 0) is 0 Å². The molecule has 1 heterocycles. The van der Waals surface area contributed by atoms with Crippen LogP contribution in [0.1, 0.15) is 35.2 Å². The van der Waals surface area contributed by atoms with Crippen LogP contribution >= 0.6 is 0 Å². The second-order valence-corrected chi connectivity index (χ2v) is 5.34. The van der Waals surface area contributed by atoms with Gasteiger partial charge in [0.2, 0.25) is 0 Å². The third-order valence-corrected chi connectivity index (χ3v) is 3.88. The molecule has 19 heavy (non-hydrogen) atoms. The number of rotatable bonds is 3. The molecular weight excluding hydrogens is 240 g/mol. The van der Waals surface area contributed by atoms with Crippen molar-refractivity contribution in [2.24, 2.45) is 0 Å². The van der Waals surface area contributed by atoms with Crippen molar-refractivity contribution in [1.82, 2.24) is 10.2 Å². The second-order valence-electron chi connectivity index (χ2n) is 5.34. The van der Waals surface area contributed by atoms with Crippen molar-refractivity contribution < 1.29 is 9.90 Å². The van der Waals surface area contributed by atoms with Gasteiger partial charge in [-0.15, -0.1) is 0 Å². The molecule has 1 aliphatic rings. The van der Waals surface area contributed by atoms with Gasteiger partial charge in [-0.05, 0) is 57.1 Å². The molecule has 4 nitrogen and oxygen atoms in total. The number of nitrogens with one attached hydrogen (secondary N) is 1. The Morgan fingerprint density at radius 3 is 2.95 bits per heavy atom. The number of piperidine rings is 1. The van der Waals surface area contributed by atoms with Crippen molar-refractivity contribution in [3.05, 3.63) is 29.3 Å². The molecule has 0 aliphatic carbocycles. The van der Waals surface area contributed by atoms with Crippen molar-refractivity contribution in [2.45, 2.75) is 32.2 Å². The molecule has 1 fully saturated rings. The third-order valence-electron chi connectivity index (χ3n) is 3.88. The Hall–Kier alpha value is -1.55. The van der Waals surface area contributed by atoms with E-state index in [1.165, 1.54) is 12.8 Å². The standard InChI is InChI=1S/C15H22N2O2/c1-11-9-12(6-7-14(11)18)15(19)16-10-13-5-3-4-8-17(13)2/h6-7,9,13,18H,3-5,8,10H2,1-2H3,(H,16,19). The minimum Gasteiger partial charge on any atom is -0.508 e. The van der Waals surface area contributed by atoms with Crippen molar-refractivity contribution in [1.29, 1.82) is 0 Å².